The highest BCUT2D eigenvalue weighted by molar-refractivity contribution is 6.23. The zero-order chi connectivity index (χ0) is 20.4. The van der Waals surface area contributed by atoms with Crippen LogP contribution in [0.1, 0.15) is 52.0 Å². The van der Waals surface area contributed by atoms with Gasteiger partial charge < -0.3 is 10.6 Å². The summed E-state index contributed by atoms with van der Waals surface area (Å²) in [4.78, 5) is 50.0. The first kappa shape index (κ1) is 19.5. The van der Waals surface area contributed by atoms with E-state index in [0.717, 1.165) is 42.9 Å². The highest BCUT2D eigenvalue weighted by atomic mass is 16.2. The molecule has 1 atom stereocenters. The van der Waals surface area contributed by atoms with Crippen LogP contribution in [0.25, 0.3) is 0 Å². The van der Waals surface area contributed by atoms with Gasteiger partial charge in [-0.2, -0.15) is 0 Å². The molecule has 152 valence electrons. The van der Waals surface area contributed by atoms with E-state index in [1.165, 1.54) is 5.57 Å². The summed E-state index contributed by atoms with van der Waals surface area (Å²) >= 11 is 0. The quantitative estimate of drug-likeness (QED) is 0.380. The number of benzene rings is 1. The number of hydrogen-bond acceptors (Lipinski definition) is 6. The van der Waals surface area contributed by atoms with Crippen molar-refractivity contribution < 1.29 is 19.2 Å². The molecule has 1 aromatic carbocycles. The lowest BCUT2D eigenvalue weighted by molar-refractivity contribution is -0.136. The molecule has 1 unspecified atom stereocenters. The minimum atomic E-state index is -0.932. The number of nitrogens with zero attached hydrogens (tertiary/aromatic N) is 1. The van der Waals surface area contributed by atoms with Gasteiger partial charge in [0.25, 0.3) is 11.8 Å². The lowest BCUT2D eigenvalue weighted by Crippen LogP contribution is -2.54. The number of piperidine rings is 2. The van der Waals surface area contributed by atoms with Crippen molar-refractivity contribution in [3.63, 3.8) is 0 Å². The third kappa shape index (κ3) is 3.99. The van der Waals surface area contributed by atoms with Gasteiger partial charge >= 0.3 is 0 Å². The van der Waals surface area contributed by atoms with Crippen molar-refractivity contribution in [2.75, 3.05) is 19.6 Å². The number of fused-ring (bicyclic) bond motifs is 1. The average Bonchev–Trinajstić information content (AvgIpc) is 2.96. The molecule has 8 heteroatoms. The number of hydrogen-bond donors (Lipinski definition) is 3. The van der Waals surface area contributed by atoms with E-state index >= 15 is 0 Å². The maximum Gasteiger partial charge on any atom is 0.262 e. The molecular weight excluding hydrogens is 372 g/mol. The molecule has 4 amide bonds. The highest BCUT2D eigenvalue weighted by Crippen LogP contribution is 2.28. The standard InChI is InChI=1S/C21H24N4O4/c26-18-4-3-17(19(27)24-18)25-20(28)15-2-1-14(11-16(15)21(25)29)12-23-10-7-13-5-8-22-9-6-13/h1-2,7,11,17,22-23H,3-6,8-10,12H2,(H,24,26,27). The molecule has 2 saturated heterocycles. The van der Waals surface area contributed by atoms with Crippen LogP contribution in [-0.4, -0.2) is 54.2 Å². The molecule has 3 heterocycles. The molecule has 2 fully saturated rings. The van der Waals surface area contributed by atoms with E-state index in [0.29, 0.717) is 17.7 Å². The van der Waals surface area contributed by atoms with Crippen LogP contribution in [0.15, 0.2) is 29.8 Å². The zero-order valence-electron chi connectivity index (χ0n) is 16.1. The monoisotopic (exact) mass is 396 g/mol. The summed E-state index contributed by atoms with van der Waals surface area (Å²) in [5, 5.41) is 8.88. The fraction of sp³-hybridized carbons (Fsp3) is 0.429. The molecule has 4 rings (SSSR count). The molecule has 0 bridgehead atoms. The second-order valence-corrected chi connectivity index (χ2v) is 7.57. The van der Waals surface area contributed by atoms with Crippen LogP contribution in [0.4, 0.5) is 0 Å². The fourth-order valence-corrected chi connectivity index (χ4v) is 4.01. The number of nitrogens with one attached hydrogen (secondary N) is 3. The maximum atomic E-state index is 12.8. The Morgan fingerprint density at radius 1 is 1.03 bits per heavy atom. The Morgan fingerprint density at radius 2 is 1.79 bits per heavy atom. The molecule has 0 saturated carbocycles. The van der Waals surface area contributed by atoms with Crippen molar-refractivity contribution in [2.45, 2.75) is 38.3 Å². The Labute approximate surface area is 168 Å². The number of carbonyl (C=O) groups is 4. The SMILES string of the molecule is O=C1CCC(N2C(=O)c3ccc(CNCC=C4CCNCC4)cc3C2=O)C(=O)N1. The fourth-order valence-electron chi connectivity index (χ4n) is 4.01. The van der Waals surface area contributed by atoms with Gasteiger partial charge in [0.05, 0.1) is 11.1 Å². The largest absolute Gasteiger partial charge is 0.316 e. The Morgan fingerprint density at radius 3 is 2.55 bits per heavy atom. The minimum absolute atomic E-state index is 0.116. The summed E-state index contributed by atoms with van der Waals surface area (Å²) in [6.07, 6.45) is 4.65. The molecule has 0 radical (unpaired) electrons. The number of carbonyl (C=O) groups excluding carboxylic acids is 4. The molecule has 3 N–H and O–H groups in total. The van der Waals surface area contributed by atoms with Crippen molar-refractivity contribution in [2.24, 2.45) is 0 Å². The topological polar surface area (TPSA) is 108 Å². The van der Waals surface area contributed by atoms with E-state index < -0.39 is 23.8 Å². The second kappa shape index (κ2) is 8.26. The van der Waals surface area contributed by atoms with Crippen LogP contribution in [-0.2, 0) is 16.1 Å². The first-order valence-electron chi connectivity index (χ1n) is 9.98. The van der Waals surface area contributed by atoms with E-state index in [1.54, 1.807) is 12.1 Å². The molecular formula is C21H24N4O4. The van der Waals surface area contributed by atoms with Crippen LogP contribution < -0.4 is 16.0 Å². The van der Waals surface area contributed by atoms with Gasteiger partial charge in [-0.1, -0.05) is 17.7 Å². The molecule has 0 aliphatic carbocycles. The van der Waals surface area contributed by atoms with E-state index in [4.69, 9.17) is 0 Å². The van der Waals surface area contributed by atoms with E-state index in [2.05, 4.69) is 22.0 Å². The summed E-state index contributed by atoms with van der Waals surface area (Å²) in [6.45, 7) is 3.38. The van der Waals surface area contributed by atoms with Crippen molar-refractivity contribution in [3.05, 3.63) is 46.5 Å². The zero-order valence-corrected chi connectivity index (χ0v) is 16.1. The predicted octanol–water partition coefficient (Wildman–Crippen LogP) is 0.487. The van der Waals surface area contributed by atoms with E-state index in [-0.39, 0.29) is 18.7 Å². The summed E-state index contributed by atoms with van der Waals surface area (Å²) < 4.78 is 0. The predicted molar refractivity (Wildman–Crippen MR) is 105 cm³/mol. The van der Waals surface area contributed by atoms with Crippen LogP contribution in [0.5, 0.6) is 0 Å². The summed E-state index contributed by atoms with van der Waals surface area (Å²) in [7, 11) is 0. The Balaban J connectivity index is 1.41. The van der Waals surface area contributed by atoms with Crippen LogP contribution in [0, 0.1) is 0 Å². The van der Waals surface area contributed by atoms with Gasteiger partial charge in [0, 0.05) is 19.5 Å². The van der Waals surface area contributed by atoms with Gasteiger partial charge in [-0.05, 0) is 50.0 Å². The Hall–Kier alpha value is -2.84. The number of rotatable bonds is 5. The van der Waals surface area contributed by atoms with Crippen LogP contribution >= 0.6 is 0 Å². The molecule has 1 aromatic rings. The van der Waals surface area contributed by atoms with Crippen molar-refractivity contribution >= 4 is 23.6 Å². The summed E-state index contributed by atoms with van der Waals surface area (Å²) in [5.74, 6) is -1.92. The summed E-state index contributed by atoms with van der Waals surface area (Å²) in [6, 6.07) is 4.25. The lowest BCUT2D eigenvalue weighted by Gasteiger charge is -2.27. The normalized spacial score (nSPS) is 22.0. The summed E-state index contributed by atoms with van der Waals surface area (Å²) in [5.41, 5.74) is 2.97. The van der Waals surface area contributed by atoms with E-state index in [1.807, 2.05) is 6.07 Å². The van der Waals surface area contributed by atoms with Crippen molar-refractivity contribution in [1.29, 1.82) is 0 Å². The molecule has 29 heavy (non-hydrogen) atoms. The molecule has 3 aliphatic rings. The number of imide groups is 2. The molecule has 0 spiro atoms. The molecule has 3 aliphatic heterocycles. The van der Waals surface area contributed by atoms with Gasteiger partial charge in [-0.25, -0.2) is 0 Å². The van der Waals surface area contributed by atoms with Crippen molar-refractivity contribution in [1.82, 2.24) is 20.9 Å². The first-order chi connectivity index (χ1) is 14.0. The van der Waals surface area contributed by atoms with Gasteiger partial charge in [0.15, 0.2) is 0 Å². The smallest absolute Gasteiger partial charge is 0.262 e. The average molecular weight is 396 g/mol. The van der Waals surface area contributed by atoms with Crippen LogP contribution in [0.3, 0.4) is 0 Å². The van der Waals surface area contributed by atoms with Gasteiger partial charge in [0.2, 0.25) is 11.8 Å². The van der Waals surface area contributed by atoms with Gasteiger partial charge in [0.1, 0.15) is 6.04 Å². The third-order valence-corrected chi connectivity index (χ3v) is 5.61. The Bertz CT molecular complexity index is 900. The first-order valence-corrected chi connectivity index (χ1v) is 9.98. The van der Waals surface area contributed by atoms with Gasteiger partial charge in [-0.3, -0.25) is 29.4 Å². The van der Waals surface area contributed by atoms with E-state index in [9.17, 15) is 19.2 Å². The van der Waals surface area contributed by atoms with Gasteiger partial charge in [-0.15, -0.1) is 0 Å². The highest BCUT2D eigenvalue weighted by Gasteiger charge is 2.44. The molecule has 8 nitrogen and oxygen atoms in total. The third-order valence-electron chi connectivity index (χ3n) is 5.61. The lowest BCUT2D eigenvalue weighted by atomic mass is 10.0. The maximum absolute atomic E-state index is 12.8. The second-order valence-electron chi connectivity index (χ2n) is 7.57. The molecule has 0 aromatic heterocycles. The number of amides is 4. The van der Waals surface area contributed by atoms with Crippen LogP contribution in [0.2, 0.25) is 0 Å². The Kier molecular flexibility index (Phi) is 5.55. The van der Waals surface area contributed by atoms with Crippen molar-refractivity contribution in [3.8, 4) is 0 Å². The minimum Gasteiger partial charge on any atom is -0.316 e.